The highest BCUT2D eigenvalue weighted by molar-refractivity contribution is 5.93. The molecular formula is C23H24N2O2. The van der Waals surface area contributed by atoms with Gasteiger partial charge in [0.25, 0.3) is 0 Å². The lowest BCUT2D eigenvalue weighted by atomic mass is 10.1. The van der Waals surface area contributed by atoms with E-state index in [1.165, 1.54) is 10.9 Å². The van der Waals surface area contributed by atoms with Gasteiger partial charge in [-0.05, 0) is 41.3 Å². The number of amides is 2. The molecule has 0 aromatic heterocycles. The minimum Gasteiger partial charge on any atom is -0.373 e. The lowest BCUT2D eigenvalue weighted by Gasteiger charge is -2.32. The molecule has 4 heteroatoms. The van der Waals surface area contributed by atoms with Crippen LogP contribution in [0.25, 0.3) is 10.8 Å². The fraction of sp³-hybridized carbons (Fsp3) is 0.261. The number of rotatable bonds is 4. The van der Waals surface area contributed by atoms with E-state index in [9.17, 15) is 4.79 Å². The smallest absolute Gasteiger partial charge is 0.321 e. The van der Waals surface area contributed by atoms with Gasteiger partial charge in [-0.1, -0.05) is 60.7 Å². The third-order valence-corrected chi connectivity index (χ3v) is 5.06. The van der Waals surface area contributed by atoms with Crippen LogP contribution in [-0.2, 0) is 11.3 Å². The van der Waals surface area contributed by atoms with Crippen LogP contribution >= 0.6 is 0 Å². The zero-order valence-electron chi connectivity index (χ0n) is 15.3. The summed E-state index contributed by atoms with van der Waals surface area (Å²) >= 11 is 0. The summed E-state index contributed by atoms with van der Waals surface area (Å²) in [5, 5.41) is 5.32. The van der Waals surface area contributed by atoms with E-state index in [4.69, 9.17) is 4.74 Å². The average Bonchev–Trinajstić information content (AvgIpc) is 2.73. The summed E-state index contributed by atoms with van der Waals surface area (Å²) in [6.45, 7) is 2.08. The van der Waals surface area contributed by atoms with Crippen molar-refractivity contribution in [1.29, 1.82) is 0 Å². The first-order valence-corrected chi connectivity index (χ1v) is 9.48. The summed E-state index contributed by atoms with van der Waals surface area (Å²) in [6.07, 6.45) is 1.96. The number of ether oxygens (including phenoxy) is 1. The van der Waals surface area contributed by atoms with E-state index in [0.29, 0.717) is 6.61 Å². The van der Waals surface area contributed by atoms with E-state index in [1.54, 1.807) is 0 Å². The molecule has 0 radical (unpaired) electrons. The van der Waals surface area contributed by atoms with E-state index >= 15 is 0 Å². The van der Waals surface area contributed by atoms with Gasteiger partial charge in [-0.3, -0.25) is 0 Å². The number of carbonyl (C=O) groups excluding carboxylic acids is 1. The SMILES string of the molecule is O=C(Nc1ccc2ccccc2c1)N1CCC(OCc2ccccc2)CC1. The average molecular weight is 360 g/mol. The first-order valence-electron chi connectivity index (χ1n) is 9.48. The number of anilines is 1. The monoisotopic (exact) mass is 360 g/mol. The maximum absolute atomic E-state index is 12.6. The van der Waals surface area contributed by atoms with E-state index in [1.807, 2.05) is 53.4 Å². The molecule has 0 aliphatic carbocycles. The molecule has 0 unspecified atom stereocenters. The van der Waals surface area contributed by atoms with Crippen molar-refractivity contribution >= 4 is 22.5 Å². The van der Waals surface area contributed by atoms with Crippen molar-refractivity contribution in [1.82, 2.24) is 4.90 Å². The normalized spacial score (nSPS) is 15.0. The van der Waals surface area contributed by atoms with Gasteiger partial charge >= 0.3 is 6.03 Å². The largest absolute Gasteiger partial charge is 0.373 e. The fourth-order valence-corrected chi connectivity index (χ4v) is 3.48. The van der Waals surface area contributed by atoms with Crippen LogP contribution in [0.2, 0.25) is 0 Å². The summed E-state index contributed by atoms with van der Waals surface area (Å²) in [6, 6.07) is 24.3. The molecule has 4 nitrogen and oxygen atoms in total. The zero-order valence-corrected chi connectivity index (χ0v) is 15.3. The second kappa shape index (κ2) is 8.23. The second-order valence-corrected chi connectivity index (χ2v) is 6.98. The zero-order chi connectivity index (χ0) is 18.5. The maximum Gasteiger partial charge on any atom is 0.321 e. The van der Waals surface area contributed by atoms with Crippen LogP contribution in [0.3, 0.4) is 0 Å². The molecule has 1 heterocycles. The molecule has 0 atom stereocenters. The predicted octanol–water partition coefficient (Wildman–Crippen LogP) is 5.05. The number of nitrogens with one attached hydrogen (secondary N) is 1. The van der Waals surface area contributed by atoms with E-state index in [0.717, 1.165) is 37.0 Å². The Morgan fingerprint density at radius 3 is 2.41 bits per heavy atom. The molecule has 1 aliphatic heterocycles. The molecule has 1 fully saturated rings. The Labute approximate surface area is 159 Å². The number of likely N-dealkylation sites (tertiary alicyclic amines) is 1. The number of carbonyl (C=O) groups is 1. The Hall–Kier alpha value is -2.85. The molecule has 1 aliphatic rings. The quantitative estimate of drug-likeness (QED) is 0.707. The second-order valence-electron chi connectivity index (χ2n) is 6.98. The van der Waals surface area contributed by atoms with Gasteiger partial charge in [0.2, 0.25) is 0 Å². The van der Waals surface area contributed by atoms with Crippen molar-refractivity contribution < 1.29 is 9.53 Å². The Balaban J connectivity index is 1.27. The van der Waals surface area contributed by atoms with Gasteiger partial charge in [0.1, 0.15) is 0 Å². The van der Waals surface area contributed by atoms with Crippen molar-refractivity contribution in [2.24, 2.45) is 0 Å². The summed E-state index contributed by atoms with van der Waals surface area (Å²) in [5.74, 6) is 0. The molecule has 3 aromatic carbocycles. The Bertz CT molecular complexity index is 902. The highest BCUT2D eigenvalue weighted by Crippen LogP contribution is 2.20. The minimum absolute atomic E-state index is 0.0354. The Morgan fingerprint density at radius 1 is 0.926 bits per heavy atom. The fourth-order valence-electron chi connectivity index (χ4n) is 3.48. The molecule has 4 rings (SSSR count). The predicted molar refractivity (Wildman–Crippen MR) is 109 cm³/mol. The number of nitrogens with zero attached hydrogens (tertiary/aromatic N) is 1. The van der Waals surface area contributed by atoms with Crippen LogP contribution in [-0.4, -0.2) is 30.1 Å². The summed E-state index contributed by atoms with van der Waals surface area (Å²) < 4.78 is 6.01. The summed E-state index contributed by atoms with van der Waals surface area (Å²) in [7, 11) is 0. The van der Waals surface area contributed by atoms with Crippen molar-refractivity contribution in [3.63, 3.8) is 0 Å². The highest BCUT2D eigenvalue weighted by Gasteiger charge is 2.23. The van der Waals surface area contributed by atoms with Gasteiger partial charge in [-0.25, -0.2) is 4.79 Å². The first-order chi connectivity index (χ1) is 13.3. The molecule has 0 saturated carbocycles. The van der Waals surface area contributed by atoms with E-state index in [2.05, 4.69) is 29.6 Å². The Kier molecular flexibility index (Phi) is 5.35. The van der Waals surface area contributed by atoms with Gasteiger partial charge in [0, 0.05) is 18.8 Å². The lowest BCUT2D eigenvalue weighted by Crippen LogP contribution is -2.43. The van der Waals surface area contributed by atoms with Gasteiger partial charge in [0.05, 0.1) is 12.7 Å². The third kappa shape index (κ3) is 4.47. The standard InChI is InChI=1S/C23H24N2O2/c26-23(24-21-11-10-19-8-4-5-9-20(19)16-21)25-14-12-22(13-15-25)27-17-18-6-2-1-3-7-18/h1-11,16,22H,12-15,17H2,(H,24,26). The topological polar surface area (TPSA) is 41.6 Å². The first kappa shape index (κ1) is 17.6. The van der Waals surface area contributed by atoms with Crippen LogP contribution in [0.4, 0.5) is 10.5 Å². The van der Waals surface area contributed by atoms with Crippen LogP contribution in [0.5, 0.6) is 0 Å². The number of hydrogen-bond acceptors (Lipinski definition) is 2. The lowest BCUT2D eigenvalue weighted by molar-refractivity contribution is 0.00540. The molecule has 2 amide bonds. The van der Waals surface area contributed by atoms with Gasteiger partial charge in [-0.2, -0.15) is 0 Å². The molecule has 1 saturated heterocycles. The van der Waals surface area contributed by atoms with E-state index < -0.39 is 0 Å². The molecular weight excluding hydrogens is 336 g/mol. The molecule has 138 valence electrons. The molecule has 3 aromatic rings. The molecule has 0 bridgehead atoms. The minimum atomic E-state index is -0.0354. The van der Waals surface area contributed by atoms with Crippen LogP contribution in [0.15, 0.2) is 72.8 Å². The number of fused-ring (bicyclic) bond motifs is 1. The van der Waals surface area contributed by atoms with E-state index in [-0.39, 0.29) is 12.1 Å². The number of benzene rings is 3. The summed E-state index contributed by atoms with van der Waals surface area (Å²) in [4.78, 5) is 14.4. The summed E-state index contributed by atoms with van der Waals surface area (Å²) in [5.41, 5.74) is 2.02. The van der Waals surface area contributed by atoms with Crippen molar-refractivity contribution in [3.05, 3.63) is 78.4 Å². The number of hydrogen-bond donors (Lipinski definition) is 1. The molecule has 27 heavy (non-hydrogen) atoms. The third-order valence-electron chi connectivity index (χ3n) is 5.06. The van der Waals surface area contributed by atoms with Crippen molar-refractivity contribution in [2.45, 2.75) is 25.6 Å². The highest BCUT2D eigenvalue weighted by atomic mass is 16.5. The van der Waals surface area contributed by atoms with Crippen LogP contribution < -0.4 is 5.32 Å². The van der Waals surface area contributed by atoms with Gasteiger partial charge in [0.15, 0.2) is 0 Å². The van der Waals surface area contributed by atoms with Gasteiger partial charge < -0.3 is 15.0 Å². The number of piperidine rings is 1. The Morgan fingerprint density at radius 2 is 1.63 bits per heavy atom. The van der Waals surface area contributed by atoms with Crippen LogP contribution in [0, 0.1) is 0 Å². The van der Waals surface area contributed by atoms with Gasteiger partial charge in [-0.15, -0.1) is 0 Å². The molecule has 0 spiro atoms. The van der Waals surface area contributed by atoms with Crippen LogP contribution in [0.1, 0.15) is 18.4 Å². The molecule has 1 N–H and O–H groups in total. The van der Waals surface area contributed by atoms with Crippen molar-refractivity contribution in [3.8, 4) is 0 Å². The van der Waals surface area contributed by atoms with Crippen molar-refractivity contribution in [2.75, 3.05) is 18.4 Å². The maximum atomic E-state index is 12.6. The number of urea groups is 1.